The van der Waals surface area contributed by atoms with Crippen molar-refractivity contribution in [1.82, 2.24) is 9.71 Å². The Labute approximate surface area is 212 Å². The first-order valence-electron chi connectivity index (χ1n) is 12.1. The van der Waals surface area contributed by atoms with E-state index in [1.165, 1.54) is 30.5 Å². The van der Waals surface area contributed by atoms with Crippen LogP contribution in [0.3, 0.4) is 0 Å². The van der Waals surface area contributed by atoms with Gasteiger partial charge in [0.2, 0.25) is 5.09 Å². The van der Waals surface area contributed by atoms with Gasteiger partial charge in [-0.15, -0.1) is 0 Å². The summed E-state index contributed by atoms with van der Waals surface area (Å²) >= 11 is 0. The number of carbonyl (C=O) groups excluding carboxylic acids is 1. The smallest absolute Gasteiger partial charge is 0.416 e. The van der Waals surface area contributed by atoms with Gasteiger partial charge in [0.15, 0.2) is 5.78 Å². The molecule has 37 heavy (non-hydrogen) atoms. The molecule has 3 aromatic rings. The lowest BCUT2D eigenvalue weighted by Crippen LogP contribution is -2.43. The first-order chi connectivity index (χ1) is 17.6. The number of ketones is 1. The lowest BCUT2D eigenvalue weighted by molar-refractivity contribution is -0.137. The second-order valence-corrected chi connectivity index (χ2v) is 11.1. The third-order valence-electron chi connectivity index (χ3n) is 6.82. The van der Waals surface area contributed by atoms with Crippen molar-refractivity contribution in [3.05, 3.63) is 65.9 Å². The zero-order valence-electron chi connectivity index (χ0n) is 19.9. The van der Waals surface area contributed by atoms with Crippen LogP contribution >= 0.6 is 0 Å². The lowest BCUT2D eigenvalue weighted by atomic mass is 10.0. The van der Waals surface area contributed by atoms with E-state index in [0.717, 1.165) is 49.4 Å². The Balaban J connectivity index is 1.35. The zero-order valence-corrected chi connectivity index (χ0v) is 20.7. The van der Waals surface area contributed by atoms with Crippen LogP contribution in [0.4, 0.5) is 19.0 Å². The Hall–Kier alpha value is -3.18. The highest BCUT2D eigenvalue weighted by Crippen LogP contribution is 2.39. The van der Waals surface area contributed by atoms with E-state index in [0.29, 0.717) is 30.5 Å². The van der Waals surface area contributed by atoms with Crippen molar-refractivity contribution >= 4 is 21.6 Å². The highest BCUT2D eigenvalue weighted by molar-refractivity contribution is 7.89. The molecular formula is C26H26F3N3O4S. The van der Waals surface area contributed by atoms with E-state index in [1.54, 1.807) is 6.07 Å². The first-order valence-corrected chi connectivity index (χ1v) is 13.6. The number of pyridine rings is 1. The van der Waals surface area contributed by atoms with E-state index >= 15 is 0 Å². The molecule has 0 radical (unpaired) electrons. The van der Waals surface area contributed by atoms with Crippen LogP contribution in [-0.4, -0.2) is 37.8 Å². The predicted octanol–water partition coefficient (Wildman–Crippen LogP) is 4.97. The van der Waals surface area contributed by atoms with Gasteiger partial charge < -0.3 is 9.32 Å². The van der Waals surface area contributed by atoms with E-state index < -0.39 is 27.3 Å². The van der Waals surface area contributed by atoms with Gasteiger partial charge in [-0.25, -0.2) is 13.4 Å². The monoisotopic (exact) mass is 533 g/mol. The fraction of sp³-hybridized carbons (Fsp3) is 0.385. The number of aromatic nitrogens is 1. The highest BCUT2D eigenvalue weighted by atomic mass is 32.2. The molecule has 3 heterocycles. The van der Waals surface area contributed by atoms with Gasteiger partial charge in [-0.1, -0.05) is 12.1 Å². The number of halogens is 3. The SMILES string of the molecule is O=C(CCc1cc(-c2ccc(C(F)(F)F)cc2)nc(N2CCCC2)c1)C1(NS(=O)(=O)c2ccco2)CC1. The van der Waals surface area contributed by atoms with Crippen LogP contribution in [0.1, 0.15) is 43.2 Å². The Morgan fingerprint density at radius 3 is 2.38 bits per heavy atom. The minimum atomic E-state index is -4.42. The zero-order chi connectivity index (χ0) is 26.3. The molecule has 1 saturated carbocycles. The molecule has 1 aliphatic carbocycles. The number of benzene rings is 1. The van der Waals surface area contributed by atoms with Crippen LogP contribution in [0.25, 0.3) is 11.3 Å². The number of carbonyl (C=O) groups is 1. The summed E-state index contributed by atoms with van der Waals surface area (Å²) in [6.45, 7) is 1.67. The van der Waals surface area contributed by atoms with Crippen molar-refractivity contribution in [1.29, 1.82) is 0 Å². The summed E-state index contributed by atoms with van der Waals surface area (Å²) in [5.74, 6) is 0.509. The van der Waals surface area contributed by atoms with Crippen molar-refractivity contribution in [2.45, 2.75) is 55.3 Å². The van der Waals surface area contributed by atoms with Crippen molar-refractivity contribution < 1.29 is 30.8 Å². The maximum absolute atomic E-state index is 13.1. The number of furan rings is 1. The topological polar surface area (TPSA) is 92.5 Å². The molecule has 0 amide bonds. The number of hydrogen-bond acceptors (Lipinski definition) is 6. The molecule has 1 saturated heterocycles. The Morgan fingerprint density at radius 1 is 1.08 bits per heavy atom. The molecule has 0 spiro atoms. The highest BCUT2D eigenvalue weighted by Gasteiger charge is 2.52. The molecule has 0 bridgehead atoms. The van der Waals surface area contributed by atoms with Gasteiger partial charge in [0.1, 0.15) is 5.82 Å². The number of Topliss-reactive ketones (excluding diaryl/α,β-unsaturated/α-hetero) is 1. The number of sulfonamides is 1. The molecule has 2 fully saturated rings. The standard InChI is InChI=1S/C26H26F3N3O4S/c27-26(28,29)20-8-6-19(7-9-20)21-16-18(17-23(30-21)32-13-1-2-14-32)5-10-22(33)25(11-12-25)31-37(34,35)24-4-3-15-36-24/h3-4,6-9,15-17,31H,1-2,5,10-14H2. The number of alkyl halides is 3. The molecule has 11 heteroatoms. The number of nitrogens with zero attached hydrogens (tertiary/aromatic N) is 2. The lowest BCUT2D eigenvalue weighted by Gasteiger charge is -2.19. The predicted molar refractivity (Wildman–Crippen MR) is 130 cm³/mol. The van der Waals surface area contributed by atoms with Crippen LogP contribution in [-0.2, 0) is 27.4 Å². The molecule has 0 atom stereocenters. The number of rotatable bonds is 9. The van der Waals surface area contributed by atoms with Crippen LogP contribution in [0, 0.1) is 0 Å². The normalized spacial score (nSPS) is 17.2. The summed E-state index contributed by atoms with van der Waals surface area (Å²) in [6.07, 6.45) is 0.168. The molecule has 1 aliphatic heterocycles. The van der Waals surface area contributed by atoms with E-state index in [2.05, 4.69) is 9.62 Å². The minimum Gasteiger partial charge on any atom is -0.452 e. The van der Waals surface area contributed by atoms with E-state index in [1.807, 2.05) is 6.07 Å². The molecule has 1 aromatic carbocycles. The van der Waals surface area contributed by atoms with Crippen LogP contribution in [0.2, 0.25) is 0 Å². The summed E-state index contributed by atoms with van der Waals surface area (Å²) in [7, 11) is -3.95. The molecule has 0 unspecified atom stereocenters. The quantitative estimate of drug-likeness (QED) is 0.418. The third kappa shape index (κ3) is 5.57. The second kappa shape index (κ2) is 9.60. The number of anilines is 1. The van der Waals surface area contributed by atoms with Gasteiger partial charge in [0.05, 0.1) is 23.1 Å². The van der Waals surface area contributed by atoms with E-state index in [4.69, 9.17) is 9.40 Å². The Morgan fingerprint density at radius 2 is 1.78 bits per heavy atom. The van der Waals surface area contributed by atoms with Crippen LogP contribution in [0.15, 0.2) is 64.3 Å². The fourth-order valence-corrected chi connectivity index (χ4v) is 5.96. The largest absolute Gasteiger partial charge is 0.452 e. The summed E-state index contributed by atoms with van der Waals surface area (Å²) in [4.78, 5) is 19.9. The molecule has 2 aliphatic rings. The summed E-state index contributed by atoms with van der Waals surface area (Å²) < 4.78 is 71.7. The van der Waals surface area contributed by atoms with E-state index in [9.17, 15) is 26.4 Å². The number of aryl methyl sites for hydroxylation is 1. The van der Waals surface area contributed by atoms with Crippen molar-refractivity contribution in [2.75, 3.05) is 18.0 Å². The third-order valence-corrected chi connectivity index (χ3v) is 8.25. The van der Waals surface area contributed by atoms with Crippen LogP contribution < -0.4 is 9.62 Å². The molecule has 2 aromatic heterocycles. The fourth-order valence-electron chi connectivity index (χ4n) is 4.59. The molecule has 1 N–H and O–H groups in total. The summed E-state index contributed by atoms with van der Waals surface area (Å²) in [6, 6.07) is 11.3. The van der Waals surface area contributed by atoms with Gasteiger partial charge in [0.25, 0.3) is 10.0 Å². The molecular weight excluding hydrogens is 507 g/mol. The number of nitrogens with one attached hydrogen (secondary N) is 1. The minimum absolute atomic E-state index is 0.108. The summed E-state index contributed by atoms with van der Waals surface area (Å²) in [5.41, 5.74) is 0.0215. The van der Waals surface area contributed by atoms with Gasteiger partial charge in [-0.05, 0) is 74.1 Å². The number of hydrogen-bond donors (Lipinski definition) is 1. The first kappa shape index (κ1) is 25.5. The van der Waals surface area contributed by atoms with Gasteiger partial charge in [-0.3, -0.25) is 4.79 Å². The van der Waals surface area contributed by atoms with Crippen molar-refractivity contribution in [3.8, 4) is 11.3 Å². The van der Waals surface area contributed by atoms with Crippen molar-refractivity contribution in [2.24, 2.45) is 0 Å². The average molecular weight is 534 g/mol. The molecule has 7 nitrogen and oxygen atoms in total. The van der Waals surface area contributed by atoms with Gasteiger partial charge >= 0.3 is 6.18 Å². The summed E-state index contributed by atoms with van der Waals surface area (Å²) in [5, 5.41) is -0.239. The Kier molecular flexibility index (Phi) is 6.61. The maximum atomic E-state index is 13.1. The molecule has 5 rings (SSSR count). The van der Waals surface area contributed by atoms with Gasteiger partial charge in [-0.2, -0.15) is 17.9 Å². The van der Waals surface area contributed by atoms with Crippen LogP contribution in [0.5, 0.6) is 0 Å². The Bertz CT molecular complexity index is 1380. The molecule has 196 valence electrons. The van der Waals surface area contributed by atoms with Gasteiger partial charge in [0, 0.05) is 25.1 Å². The van der Waals surface area contributed by atoms with Crippen molar-refractivity contribution in [3.63, 3.8) is 0 Å². The maximum Gasteiger partial charge on any atom is 0.416 e. The average Bonchev–Trinajstić information content (AvgIpc) is 3.27. The second-order valence-electron chi connectivity index (χ2n) is 9.53. The van der Waals surface area contributed by atoms with E-state index in [-0.39, 0.29) is 17.3 Å².